The summed E-state index contributed by atoms with van der Waals surface area (Å²) < 4.78 is 53.9. The number of aliphatic hydroxyl groups is 1. The largest absolute Gasteiger partial charge is 0.434 e. The van der Waals surface area contributed by atoms with E-state index >= 15 is 0 Å². The average molecular weight is 527 g/mol. The van der Waals surface area contributed by atoms with Gasteiger partial charge in [0.1, 0.15) is 17.1 Å². The Balaban J connectivity index is 1.80. The third-order valence-electron chi connectivity index (χ3n) is 5.28. The number of imidazole rings is 1. The number of aliphatic hydroxyl groups excluding tert-OH is 1. The van der Waals surface area contributed by atoms with Crippen LogP contribution < -0.4 is 4.74 Å². The van der Waals surface area contributed by atoms with Crippen LogP contribution in [-0.4, -0.2) is 43.0 Å². The molecule has 1 aromatic heterocycles. The first-order valence-corrected chi connectivity index (χ1v) is 12.6. The van der Waals surface area contributed by atoms with Crippen molar-refractivity contribution in [2.75, 3.05) is 12.9 Å². The van der Waals surface area contributed by atoms with Crippen LogP contribution in [0.5, 0.6) is 5.75 Å². The summed E-state index contributed by atoms with van der Waals surface area (Å²) in [6, 6.07) is 13.8. The quantitative estimate of drug-likeness (QED) is 0.323. The predicted octanol–water partition coefficient (Wildman–Crippen LogP) is 5.67. The maximum absolute atomic E-state index is 12.9. The molecule has 0 spiro atoms. The molecule has 4 aromatic rings. The normalized spacial score (nSPS) is 12.9. The monoisotopic (exact) mass is 526 g/mol. The second kappa shape index (κ2) is 9.50. The molecule has 2 N–H and O–H groups in total. The number of aromatic nitrogens is 2. The van der Waals surface area contributed by atoms with Gasteiger partial charge in [-0.2, -0.15) is 8.78 Å². The number of nitrogens with one attached hydrogen (secondary N) is 1. The van der Waals surface area contributed by atoms with Gasteiger partial charge >= 0.3 is 6.61 Å². The van der Waals surface area contributed by atoms with Crippen molar-refractivity contribution in [3.8, 4) is 16.9 Å². The maximum Gasteiger partial charge on any atom is 0.387 e. The van der Waals surface area contributed by atoms with Crippen molar-refractivity contribution in [3.05, 3.63) is 76.0 Å². The number of sulfone groups is 1. The van der Waals surface area contributed by atoms with Gasteiger partial charge in [-0.1, -0.05) is 53.5 Å². The van der Waals surface area contributed by atoms with Crippen LogP contribution in [0.2, 0.25) is 10.0 Å². The van der Waals surface area contributed by atoms with Gasteiger partial charge in [-0.25, -0.2) is 13.4 Å². The van der Waals surface area contributed by atoms with E-state index in [0.717, 1.165) is 6.26 Å². The third kappa shape index (κ3) is 4.74. The maximum atomic E-state index is 12.9. The van der Waals surface area contributed by atoms with Crippen LogP contribution in [0.3, 0.4) is 0 Å². The molecule has 0 amide bonds. The lowest BCUT2D eigenvalue weighted by atomic mass is 9.99. The summed E-state index contributed by atoms with van der Waals surface area (Å²) in [5, 5.41) is 10.4. The summed E-state index contributed by atoms with van der Waals surface area (Å²) in [5.41, 5.74) is 2.00. The van der Waals surface area contributed by atoms with E-state index in [1.54, 1.807) is 36.4 Å². The van der Waals surface area contributed by atoms with Crippen LogP contribution in [0.4, 0.5) is 8.78 Å². The number of aromatic amines is 1. The highest BCUT2D eigenvalue weighted by Gasteiger charge is 2.23. The molecule has 1 unspecified atom stereocenters. The van der Waals surface area contributed by atoms with Gasteiger partial charge in [0.05, 0.1) is 33.0 Å². The molecule has 0 aliphatic carbocycles. The van der Waals surface area contributed by atoms with Crippen molar-refractivity contribution in [2.45, 2.75) is 17.4 Å². The summed E-state index contributed by atoms with van der Waals surface area (Å²) in [5.74, 6) is -0.318. The van der Waals surface area contributed by atoms with Crippen molar-refractivity contribution in [3.63, 3.8) is 0 Å². The molecular weight excluding hydrogens is 509 g/mol. The number of rotatable bonds is 7. The molecule has 1 atom stereocenters. The highest BCUT2D eigenvalue weighted by atomic mass is 35.5. The number of alkyl halides is 2. The number of halogens is 4. The Labute approximate surface area is 204 Å². The number of para-hydroxylation sites is 1. The van der Waals surface area contributed by atoms with Gasteiger partial charge in [0.2, 0.25) is 0 Å². The first-order chi connectivity index (χ1) is 16.1. The van der Waals surface area contributed by atoms with Gasteiger partial charge in [0, 0.05) is 17.4 Å². The van der Waals surface area contributed by atoms with Crippen molar-refractivity contribution in [1.82, 2.24) is 9.97 Å². The second-order valence-corrected chi connectivity index (χ2v) is 10.3. The molecule has 178 valence electrons. The Morgan fingerprint density at radius 1 is 1.12 bits per heavy atom. The molecule has 6 nitrogen and oxygen atoms in total. The average Bonchev–Trinajstić information content (AvgIpc) is 3.18. The smallest absolute Gasteiger partial charge is 0.387 e. The van der Waals surface area contributed by atoms with E-state index in [-0.39, 0.29) is 38.4 Å². The van der Waals surface area contributed by atoms with Crippen LogP contribution >= 0.6 is 23.2 Å². The van der Waals surface area contributed by atoms with Crippen molar-refractivity contribution in [1.29, 1.82) is 0 Å². The fourth-order valence-corrected chi connectivity index (χ4v) is 5.01. The summed E-state index contributed by atoms with van der Waals surface area (Å²) in [4.78, 5) is 7.78. The fourth-order valence-electron chi connectivity index (χ4n) is 3.68. The van der Waals surface area contributed by atoms with E-state index < -0.39 is 22.4 Å². The van der Waals surface area contributed by atoms with Crippen LogP contribution in [0, 0.1) is 0 Å². The molecule has 0 radical (unpaired) electrons. The first kappa shape index (κ1) is 24.4. The number of nitrogens with zero attached hydrogens (tertiary/aromatic N) is 1. The first-order valence-electron chi connectivity index (χ1n) is 9.93. The predicted molar refractivity (Wildman–Crippen MR) is 127 cm³/mol. The molecule has 0 bridgehead atoms. The van der Waals surface area contributed by atoms with Gasteiger partial charge in [0.25, 0.3) is 0 Å². The summed E-state index contributed by atoms with van der Waals surface area (Å²) >= 11 is 13.1. The minimum atomic E-state index is -3.37. The van der Waals surface area contributed by atoms with Crippen LogP contribution in [0.15, 0.2) is 59.5 Å². The second-order valence-electron chi connectivity index (χ2n) is 7.52. The van der Waals surface area contributed by atoms with E-state index in [0.29, 0.717) is 22.4 Å². The fraction of sp³-hybridized carbons (Fsp3) is 0.174. The lowest BCUT2D eigenvalue weighted by Gasteiger charge is -2.13. The number of hydrogen-bond acceptors (Lipinski definition) is 5. The minimum Gasteiger partial charge on any atom is -0.434 e. The molecule has 3 aromatic carbocycles. The van der Waals surface area contributed by atoms with E-state index in [9.17, 15) is 22.3 Å². The summed E-state index contributed by atoms with van der Waals surface area (Å²) in [6.07, 6.45) is 1.11. The molecular formula is C23H18Cl2F2N2O4S. The Hall–Kier alpha value is -2.72. The molecule has 0 saturated carbocycles. The zero-order valence-electron chi connectivity index (χ0n) is 17.6. The van der Waals surface area contributed by atoms with E-state index in [2.05, 4.69) is 14.7 Å². The number of hydrogen-bond donors (Lipinski definition) is 2. The number of fused-ring (bicyclic) bond motifs is 1. The standard InChI is InChI=1S/C23H18Cl2F2N2O4S/c1-34(31,32)13-8-6-12(7-9-13)15(11-30)22-28-17-10-16(24)19(20(25)21(17)29-22)14-4-2-3-5-18(14)33-23(26)27/h2-10,15,23,30H,11H2,1H3,(H,28,29). The topological polar surface area (TPSA) is 92.3 Å². The van der Waals surface area contributed by atoms with Gasteiger partial charge in [-0.15, -0.1) is 0 Å². The minimum absolute atomic E-state index is 0.0874. The Morgan fingerprint density at radius 2 is 1.79 bits per heavy atom. The highest BCUT2D eigenvalue weighted by molar-refractivity contribution is 7.90. The van der Waals surface area contributed by atoms with E-state index in [1.807, 2.05) is 0 Å². The molecule has 0 aliphatic heterocycles. The van der Waals surface area contributed by atoms with Gasteiger partial charge in [-0.05, 0) is 29.8 Å². The van der Waals surface area contributed by atoms with Crippen molar-refractivity contribution < 1.29 is 27.0 Å². The lowest BCUT2D eigenvalue weighted by Crippen LogP contribution is -2.08. The molecule has 0 fully saturated rings. The Morgan fingerprint density at radius 3 is 2.41 bits per heavy atom. The lowest BCUT2D eigenvalue weighted by molar-refractivity contribution is -0.0494. The zero-order valence-corrected chi connectivity index (χ0v) is 19.9. The SMILES string of the molecule is CS(=O)(=O)c1ccc(C(CO)c2nc3c(Cl)c(-c4ccccc4OC(F)F)c(Cl)cc3[nH]2)cc1. The third-order valence-corrected chi connectivity index (χ3v) is 7.08. The summed E-state index contributed by atoms with van der Waals surface area (Å²) in [7, 11) is -3.37. The van der Waals surface area contributed by atoms with Crippen LogP contribution in [-0.2, 0) is 9.84 Å². The molecule has 4 rings (SSSR count). The number of benzene rings is 3. The molecule has 11 heteroatoms. The Kier molecular flexibility index (Phi) is 6.82. The zero-order chi connectivity index (χ0) is 24.6. The highest BCUT2D eigenvalue weighted by Crippen LogP contribution is 2.43. The number of ether oxygens (including phenoxy) is 1. The molecule has 1 heterocycles. The van der Waals surface area contributed by atoms with Gasteiger partial charge in [0.15, 0.2) is 9.84 Å². The summed E-state index contributed by atoms with van der Waals surface area (Å²) in [6.45, 7) is -3.35. The number of H-pyrrole nitrogens is 1. The molecule has 0 saturated heterocycles. The van der Waals surface area contributed by atoms with E-state index in [4.69, 9.17) is 23.2 Å². The van der Waals surface area contributed by atoms with Crippen molar-refractivity contribution in [2.24, 2.45) is 0 Å². The van der Waals surface area contributed by atoms with Gasteiger partial charge < -0.3 is 14.8 Å². The van der Waals surface area contributed by atoms with Crippen LogP contribution in [0.1, 0.15) is 17.3 Å². The molecule has 0 aliphatic rings. The van der Waals surface area contributed by atoms with Crippen LogP contribution in [0.25, 0.3) is 22.2 Å². The van der Waals surface area contributed by atoms with E-state index in [1.165, 1.54) is 18.2 Å². The Bertz CT molecular complexity index is 1460. The van der Waals surface area contributed by atoms with Gasteiger partial charge in [-0.3, -0.25) is 0 Å². The van der Waals surface area contributed by atoms with Crippen molar-refractivity contribution >= 4 is 44.1 Å². The molecule has 34 heavy (non-hydrogen) atoms.